The van der Waals surface area contributed by atoms with Crippen molar-refractivity contribution in [3.8, 4) is 0 Å². The fourth-order valence-corrected chi connectivity index (χ4v) is 4.23. The Morgan fingerprint density at radius 1 is 1.15 bits per heavy atom. The summed E-state index contributed by atoms with van der Waals surface area (Å²) in [6, 6.07) is 0. The topological polar surface area (TPSA) is 76.4 Å². The summed E-state index contributed by atoms with van der Waals surface area (Å²) in [6.45, 7) is 6.66. The van der Waals surface area contributed by atoms with Gasteiger partial charge in [0.2, 0.25) is 5.91 Å². The molecule has 1 amide bonds. The first-order valence-electron chi connectivity index (χ1n) is 9.77. The quantitative estimate of drug-likeness (QED) is 0.696. The molecular weight excluding hydrogens is 332 g/mol. The minimum atomic E-state index is 0.280. The summed E-state index contributed by atoms with van der Waals surface area (Å²) in [6.07, 6.45) is 8.15. The van der Waals surface area contributed by atoms with Crippen molar-refractivity contribution in [2.45, 2.75) is 38.8 Å². The van der Waals surface area contributed by atoms with E-state index in [4.69, 9.17) is 4.74 Å². The maximum Gasteiger partial charge on any atom is 0.222 e. The van der Waals surface area contributed by atoms with E-state index < -0.39 is 0 Å². The van der Waals surface area contributed by atoms with Crippen LogP contribution < -0.4 is 0 Å². The molecule has 8 nitrogen and oxygen atoms in total. The third kappa shape index (κ3) is 4.12. The van der Waals surface area contributed by atoms with E-state index in [0.717, 1.165) is 71.0 Å². The van der Waals surface area contributed by atoms with E-state index in [1.807, 2.05) is 4.68 Å². The van der Waals surface area contributed by atoms with Crippen molar-refractivity contribution >= 4 is 5.91 Å². The first-order chi connectivity index (χ1) is 12.8. The maximum absolute atomic E-state index is 12.5. The van der Waals surface area contributed by atoms with Crippen LogP contribution in [0.4, 0.5) is 0 Å². The fraction of sp³-hybridized carbons (Fsp3) is 0.778. The van der Waals surface area contributed by atoms with Crippen molar-refractivity contribution in [2.24, 2.45) is 11.8 Å². The Hall–Kier alpha value is -1.80. The molecular formula is C18H28N6O2. The number of fused-ring (bicyclic) bond motifs is 1. The van der Waals surface area contributed by atoms with E-state index in [1.165, 1.54) is 0 Å². The molecule has 1 aliphatic carbocycles. The highest BCUT2D eigenvalue weighted by Gasteiger charge is 2.34. The molecule has 4 rings (SSSR count). The van der Waals surface area contributed by atoms with Crippen molar-refractivity contribution in [1.82, 2.24) is 30.0 Å². The number of rotatable bonds is 6. The van der Waals surface area contributed by atoms with E-state index in [2.05, 4.69) is 37.5 Å². The Morgan fingerprint density at radius 2 is 1.88 bits per heavy atom. The summed E-state index contributed by atoms with van der Waals surface area (Å²) in [5.74, 6) is 2.49. The molecule has 8 heteroatoms. The Balaban J connectivity index is 1.22. The van der Waals surface area contributed by atoms with E-state index in [0.29, 0.717) is 24.8 Å². The monoisotopic (exact) mass is 360 g/mol. The number of likely N-dealkylation sites (tertiary alicyclic amines) is 1. The van der Waals surface area contributed by atoms with Gasteiger partial charge in [0.15, 0.2) is 5.82 Å². The van der Waals surface area contributed by atoms with Gasteiger partial charge in [-0.3, -0.25) is 9.69 Å². The van der Waals surface area contributed by atoms with E-state index >= 15 is 0 Å². The van der Waals surface area contributed by atoms with Crippen LogP contribution in [0.25, 0.3) is 0 Å². The summed E-state index contributed by atoms with van der Waals surface area (Å²) in [4.78, 5) is 16.9. The van der Waals surface area contributed by atoms with Crippen LogP contribution in [0.1, 0.15) is 31.5 Å². The van der Waals surface area contributed by atoms with Crippen molar-refractivity contribution in [3.63, 3.8) is 0 Å². The SMILES string of the molecule is O=C(CCCn1nnnc1CN1CCOCC1)N1CC2CC=CCC2C1. The molecule has 26 heavy (non-hydrogen) atoms. The summed E-state index contributed by atoms with van der Waals surface area (Å²) in [5, 5.41) is 12.1. The molecule has 0 bridgehead atoms. The van der Waals surface area contributed by atoms with Gasteiger partial charge < -0.3 is 9.64 Å². The molecule has 2 fully saturated rings. The first kappa shape index (κ1) is 17.6. The number of amides is 1. The maximum atomic E-state index is 12.5. The van der Waals surface area contributed by atoms with Crippen molar-refractivity contribution < 1.29 is 9.53 Å². The van der Waals surface area contributed by atoms with Gasteiger partial charge in [-0.25, -0.2) is 4.68 Å². The van der Waals surface area contributed by atoms with Gasteiger partial charge in [-0.2, -0.15) is 0 Å². The largest absolute Gasteiger partial charge is 0.379 e. The van der Waals surface area contributed by atoms with Gasteiger partial charge in [0.25, 0.3) is 0 Å². The van der Waals surface area contributed by atoms with Crippen molar-refractivity contribution in [1.29, 1.82) is 0 Å². The third-order valence-electron chi connectivity index (χ3n) is 5.81. The number of morpholine rings is 1. The van der Waals surface area contributed by atoms with Crippen molar-refractivity contribution in [2.75, 3.05) is 39.4 Å². The van der Waals surface area contributed by atoms with Crippen LogP contribution in [0, 0.1) is 11.8 Å². The molecule has 0 aromatic carbocycles. The zero-order chi connectivity index (χ0) is 17.8. The second-order valence-electron chi connectivity index (χ2n) is 7.57. The number of aryl methyl sites for hydroxylation is 1. The minimum absolute atomic E-state index is 0.280. The smallest absolute Gasteiger partial charge is 0.222 e. The molecule has 2 saturated heterocycles. The van der Waals surface area contributed by atoms with Gasteiger partial charge >= 0.3 is 0 Å². The number of tetrazole rings is 1. The van der Waals surface area contributed by atoms with Crippen LogP contribution in [0.5, 0.6) is 0 Å². The van der Waals surface area contributed by atoms with E-state index in [-0.39, 0.29) is 5.91 Å². The minimum Gasteiger partial charge on any atom is -0.379 e. The molecule has 2 atom stereocenters. The molecule has 0 radical (unpaired) electrons. The number of nitrogens with zero attached hydrogens (tertiary/aromatic N) is 6. The zero-order valence-corrected chi connectivity index (χ0v) is 15.3. The Morgan fingerprint density at radius 3 is 2.62 bits per heavy atom. The van der Waals surface area contributed by atoms with Crippen LogP contribution in [0.2, 0.25) is 0 Å². The Kier molecular flexibility index (Phi) is 5.59. The predicted molar refractivity (Wildman–Crippen MR) is 95.1 cm³/mol. The number of hydrogen-bond acceptors (Lipinski definition) is 6. The highest BCUT2D eigenvalue weighted by molar-refractivity contribution is 5.76. The fourth-order valence-electron chi connectivity index (χ4n) is 4.23. The first-order valence-corrected chi connectivity index (χ1v) is 9.77. The molecule has 1 aromatic rings. The third-order valence-corrected chi connectivity index (χ3v) is 5.81. The lowest BCUT2D eigenvalue weighted by atomic mass is 9.86. The van der Waals surface area contributed by atoms with Crippen LogP contribution in [-0.4, -0.2) is 75.3 Å². The Labute approximate surface area is 154 Å². The summed E-state index contributed by atoms with van der Waals surface area (Å²) >= 11 is 0. The molecule has 0 saturated carbocycles. The number of hydrogen-bond donors (Lipinski definition) is 0. The highest BCUT2D eigenvalue weighted by Crippen LogP contribution is 2.33. The number of ether oxygens (including phenoxy) is 1. The van der Waals surface area contributed by atoms with E-state index in [9.17, 15) is 4.79 Å². The van der Waals surface area contributed by atoms with Gasteiger partial charge in [-0.05, 0) is 41.5 Å². The molecule has 1 aromatic heterocycles. The van der Waals surface area contributed by atoms with Crippen molar-refractivity contribution in [3.05, 3.63) is 18.0 Å². The van der Waals surface area contributed by atoms with Crippen LogP contribution in [-0.2, 0) is 22.6 Å². The Bertz CT molecular complexity index is 623. The van der Waals surface area contributed by atoms with Crippen LogP contribution >= 0.6 is 0 Å². The second kappa shape index (κ2) is 8.26. The number of carbonyl (C=O) groups is 1. The van der Waals surface area contributed by atoms with Crippen LogP contribution in [0.15, 0.2) is 12.2 Å². The highest BCUT2D eigenvalue weighted by atomic mass is 16.5. The molecule has 2 aliphatic heterocycles. The average Bonchev–Trinajstić information content (AvgIpc) is 3.29. The summed E-state index contributed by atoms with van der Waals surface area (Å²) < 4.78 is 7.22. The van der Waals surface area contributed by atoms with Gasteiger partial charge in [0, 0.05) is 39.1 Å². The molecule has 3 aliphatic rings. The predicted octanol–water partition coefficient (Wildman–Crippen LogP) is 0.710. The van der Waals surface area contributed by atoms with Gasteiger partial charge in [-0.15, -0.1) is 5.10 Å². The van der Waals surface area contributed by atoms with Gasteiger partial charge in [-0.1, -0.05) is 12.2 Å². The molecule has 2 unspecified atom stereocenters. The lowest BCUT2D eigenvalue weighted by Crippen LogP contribution is -2.36. The van der Waals surface area contributed by atoms with Crippen LogP contribution in [0.3, 0.4) is 0 Å². The normalized spacial score (nSPS) is 26.2. The number of aromatic nitrogens is 4. The second-order valence-corrected chi connectivity index (χ2v) is 7.57. The zero-order valence-electron chi connectivity index (χ0n) is 15.3. The number of allylic oxidation sites excluding steroid dienone is 2. The van der Waals surface area contributed by atoms with E-state index in [1.54, 1.807) is 0 Å². The molecule has 0 N–H and O–H groups in total. The lowest BCUT2D eigenvalue weighted by Gasteiger charge is -2.25. The molecule has 0 spiro atoms. The lowest BCUT2D eigenvalue weighted by molar-refractivity contribution is -0.130. The van der Waals surface area contributed by atoms with Gasteiger partial charge in [0.05, 0.1) is 19.8 Å². The average molecular weight is 360 g/mol. The summed E-state index contributed by atoms with van der Waals surface area (Å²) in [7, 11) is 0. The standard InChI is InChI=1S/C18H28N6O2/c25-18(23-12-15-4-1-2-5-16(15)13-23)6-3-7-24-17(19-20-21-24)14-22-8-10-26-11-9-22/h1-2,15-16H,3-14H2. The van der Waals surface area contributed by atoms with Gasteiger partial charge in [0.1, 0.15) is 0 Å². The summed E-state index contributed by atoms with van der Waals surface area (Å²) in [5.41, 5.74) is 0. The molecule has 3 heterocycles. The number of carbonyl (C=O) groups excluding carboxylic acids is 1. The molecule has 142 valence electrons.